The van der Waals surface area contributed by atoms with Crippen LogP contribution in [0, 0.1) is 28.1 Å². The summed E-state index contributed by atoms with van der Waals surface area (Å²) >= 11 is 0. The van der Waals surface area contributed by atoms with Gasteiger partial charge in [0, 0.05) is 17.4 Å². The van der Waals surface area contributed by atoms with Crippen molar-refractivity contribution in [2.24, 2.45) is 28.1 Å². The van der Waals surface area contributed by atoms with Gasteiger partial charge in [0.1, 0.15) is 0 Å². The summed E-state index contributed by atoms with van der Waals surface area (Å²) in [5, 5.41) is 0. The fraction of sp³-hybridized carbons (Fsp3) is 0.571. The molecule has 2 aliphatic heterocycles. The zero-order valence-electron chi connectivity index (χ0n) is 20.2. The highest BCUT2D eigenvalue weighted by molar-refractivity contribution is 5.81. The first-order valence-corrected chi connectivity index (χ1v) is 12.5. The molecule has 5 heteroatoms. The fourth-order valence-corrected chi connectivity index (χ4v) is 9.11. The van der Waals surface area contributed by atoms with E-state index >= 15 is 0 Å². The average Bonchev–Trinajstić information content (AvgIpc) is 3.26. The van der Waals surface area contributed by atoms with Gasteiger partial charge in [0.05, 0.1) is 12.1 Å². The highest BCUT2D eigenvalue weighted by atomic mass is 16.2. The van der Waals surface area contributed by atoms with Gasteiger partial charge in [-0.2, -0.15) is 0 Å². The molecule has 4 bridgehead atoms. The molecule has 1 aromatic carbocycles. The minimum absolute atomic E-state index is 0.00985. The summed E-state index contributed by atoms with van der Waals surface area (Å²) in [7, 11) is 0. The van der Waals surface area contributed by atoms with Gasteiger partial charge in [-0.15, -0.1) is 0 Å². The van der Waals surface area contributed by atoms with Crippen molar-refractivity contribution in [3.63, 3.8) is 0 Å². The Morgan fingerprint density at radius 2 is 1.64 bits per heavy atom. The van der Waals surface area contributed by atoms with Crippen LogP contribution >= 0.6 is 0 Å². The molecule has 1 aromatic heterocycles. The van der Waals surface area contributed by atoms with Crippen molar-refractivity contribution in [2.75, 3.05) is 0 Å². The number of aromatic nitrogens is 3. The van der Waals surface area contributed by atoms with E-state index < -0.39 is 0 Å². The van der Waals surface area contributed by atoms with E-state index in [0.29, 0.717) is 5.92 Å². The molecule has 172 valence electrons. The van der Waals surface area contributed by atoms with E-state index in [1.165, 1.54) is 23.1 Å². The highest BCUT2D eigenvalue weighted by Crippen LogP contribution is 2.70. The summed E-state index contributed by atoms with van der Waals surface area (Å²) in [6.45, 7) is 11.5. The van der Waals surface area contributed by atoms with Crippen LogP contribution in [0.15, 0.2) is 57.6 Å². The fourth-order valence-electron chi connectivity index (χ4n) is 9.11. The second kappa shape index (κ2) is 5.73. The Hall–Kier alpha value is -2.56. The van der Waals surface area contributed by atoms with Crippen LogP contribution in [0.4, 0.5) is 0 Å². The van der Waals surface area contributed by atoms with E-state index in [4.69, 9.17) is 0 Å². The quantitative estimate of drug-likeness (QED) is 0.615. The molecule has 6 aliphatic rings. The Morgan fingerprint density at radius 3 is 2.27 bits per heavy atom. The first-order chi connectivity index (χ1) is 15.6. The third-order valence-electron chi connectivity index (χ3n) is 11.2. The van der Waals surface area contributed by atoms with E-state index in [0.717, 1.165) is 12.8 Å². The normalized spacial score (nSPS) is 41.3. The number of hydrogen-bond donors (Lipinski definition) is 0. The van der Waals surface area contributed by atoms with E-state index in [1.54, 1.807) is 4.57 Å². The van der Waals surface area contributed by atoms with Crippen molar-refractivity contribution in [3.8, 4) is 0 Å². The molecule has 2 aromatic rings. The number of rotatable bonds is 2. The van der Waals surface area contributed by atoms with Gasteiger partial charge < -0.3 is 0 Å². The van der Waals surface area contributed by atoms with E-state index in [9.17, 15) is 9.59 Å². The van der Waals surface area contributed by atoms with Crippen LogP contribution in [-0.4, -0.2) is 13.9 Å². The Kier molecular flexibility index (Phi) is 3.45. The van der Waals surface area contributed by atoms with Crippen molar-refractivity contribution >= 4 is 5.57 Å². The number of fused-ring (bicyclic) bond motifs is 2. The minimum Gasteiger partial charge on any atom is -0.246 e. The van der Waals surface area contributed by atoms with Crippen LogP contribution in [-0.2, 0) is 0 Å². The molecule has 2 fully saturated rings. The van der Waals surface area contributed by atoms with Gasteiger partial charge >= 0.3 is 11.4 Å². The number of hydrogen-bond acceptors (Lipinski definition) is 2. The minimum atomic E-state index is -0.175. The molecular weight excluding hydrogens is 410 g/mol. The average molecular weight is 444 g/mol. The summed E-state index contributed by atoms with van der Waals surface area (Å²) in [6.07, 6.45) is 7.61. The highest BCUT2D eigenvalue weighted by Gasteiger charge is 2.65. The predicted molar refractivity (Wildman–Crippen MR) is 129 cm³/mol. The van der Waals surface area contributed by atoms with Gasteiger partial charge in [0.15, 0.2) is 0 Å². The second-order valence-corrected chi connectivity index (χ2v) is 12.3. The SMILES string of the molecule is CC1=C(c2ccccc2)[C@]2(C)[C@@H]1[C@H]1C=C[C@H]2n2c(=O)n([C@H]3C[C@H]4CC[C@@]3(C)C4(C)C)c(=O)n21. The van der Waals surface area contributed by atoms with Gasteiger partial charge in [0.25, 0.3) is 0 Å². The Morgan fingerprint density at radius 1 is 0.939 bits per heavy atom. The Bertz CT molecular complexity index is 1390. The summed E-state index contributed by atoms with van der Waals surface area (Å²) in [5.74, 6) is 0.834. The molecule has 7 atom stereocenters. The van der Waals surface area contributed by atoms with Crippen LogP contribution in [0.2, 0.25) is 0 Å². The molecule has 33 heavy (non-hydrogen) atoms. The molecule has 2 saturated carbocycles. The zero-order valence-corrected chi connectivity index (χ0v) is 20.2. The molecule has 0 saturated heterocycles. The van der Waals surface area contributed by atoms with Gasteiger partial charge in [0.2, 0.25) is 0 Å². The van der Waals surface area contributed by atoms with Crippen molar-refractivity contribution < 1.29 is 0 Å². The number of allylic oxidation sites excluding steroid dienone is 4. The Balaban J connectivity index is 1.41. The van der Waals surface area contributed by atoms with Gasteiger partial charge in [-0.25, -0.2) is 23.5 Å². The molecule has 0 spiro atoms. The molecule has 8 rings (SSSR count). The zero-order chi connectivity index (χ0) is 23.1. The second-order valence-electron chi connectivity index (χ2n) is 12.3. The maximum atomic E-state index is 14.0. The lowest BCUT2D eigenvalue weighted by Crippen LogP contribution is -2.59. The van der Waals surface area contributed by atoms with Gasteiger partial charge in [-0.05, 0) is 54.1 Å². The molecule has 0 amide bonds. The molecule has 0 radical (unpaired) electrons. The molecule has 0 unspecified atom stereocenters. The standard InChI is InChI=1S/C28H33N3O2/c1-16-22(17-9-7-6-8-10-17)28(5)20-12-11-19(23(16)28)30-24(32)29(25(33)31(20)30)21-15-18-13-14-27(21,4)26(18,2)3/h6-12,18-21,23H,13-15H2,1-5H3/t18-,19-,20-,21+,23+,27-,28-/m1/s1. The monoisotopic (exact) mass is 443 g/mol. The summed E-state index contributed by atoms with van der Waals surface area (Å²) < 4.78 is 5.30. The third kappa shape index (κ3) is 1.92. The molecule has 4 aliphatic carbocycles. The maximum Gasteiger partial charge on any atom is 0.348 e. The summed E-state index contributed by atoms with van der Waals surface area (Å²) in [5.41, 5.74) is 3.69. The first kappa shape index (κ1) is 19.9. The van der Waals surface area contributed by atoms with Crippen LogP contribution in [0.5, 0.6) is 0 Å². The van der Waals surface area contributed by atoms with Crippen molar-refractivity contribution in [1.82, 2.24) is 13.9 Å². The van der Waals surface area contributed by atoms with E-state index in [1.807, 2.05) is 15.4 Å². The van der Waals surface area contributed by atoms with Crippen molar-refractivity contribution in [1.29, 1.82) is 0 Å². The lowest BCUT2D eigenvalue weighted by atomic mass is 9.48. The Labute approximate surface area is 194 Å². The molecule has 5 nitrogen and oxygen atoms in total. The third-order valence-corrected chi connectivity index (χ3v) is 11.2. The van der Waals surface area contributed by atoms with Crippen LogP contribution in [0.3, 0.4) is 0 Å². The smallest absolute Gasteiger partial charge is 0.246 e. The largest absolute Gasteiger partial charge is 0.348 e. The van der Waals surface area contributed by atoms with Gasteiger partial charge in [-0.1, -0.05) is 75.8 Å². The van der Waals surface area contributed by atoms with E-state index in [-0.39, 0.29) is 51.7 Å². The lowest BCUT2D eigenvalue weighted by Gasteiger charge is -2.61. The number of nitrogens with zero attached hydrogens (tertiary/aromatic N) is 3. The van der Waals surface area contributed by atoms with E-state index in [2.05, 4.69) is 71.0 Å². The molecule has 0 N–H and O–H groups in total. The van der Waals surface area contributed by atoms with Crippen LogP contribution in [0.25, 0.3) is 5.57 Å². The maximum absolute atomic E-state index is 14.0. The molecule has 3 heterocycles. The summed E-state index contributed by atoms with van der Waals surface area (Å²) in [4.78, 5) is 28.0. The van der Waals surface area contributed by atoms with Crippen LogP contribution in [0.1, 0.15) is 77.6 Å². The van der Waals surface area contributed by atoms with Crippen molar-refractivity contribution in [2.45, 2.75) is 72.0 Å². The van der Waals surface area contributed by atoms with Crippen molar-refractivity contribution in [3.05, 3.63) is 74.6 Å². The summed E-state index contributed by atoms with van der Waals surface area (Å²) in [6, 6.07) is 10.3. The first-order valence-electron chi connectivity index (χ1n) is 12.5. The topological polar surface area (TPSA) is 48.9 Å². The lowest BCUT2D eigenvalue weighted by molar-refractivity contribution is 0.0566. The van der Waals surface area contributed by atoms with Gasteiger partial charge in [-0.3, -0.25) is 0 Å². The predicted octanol–water partition coefficient (Wildman–Crippen LogP) is 4.97. The molecular formula is C28H33N3O2. The van der Waals surface area contributed by atoms with Crippen LogP contribution < -0.4 is 11.4 Å². The number of benzene rings is 1.